The number of rotatable bonds is 5. The van der Waals surface area contributed by atoms with Gasteiger partial charge in [-0.3, -0.25) is 4.79 Å². The summed E-state index contributed by atoms with van der Waals surface area (Å²) < 4.78 is 2.13. The first-order valence-corrected chi connectivity index (χ1v) is 7.73. The Bertz CT molecular complexity index is 677. The van der Waals surface area contributed by atoms with Crippen molar-refractivity contribution in [3.8, 4) is 5.69 Å². The van der Waals surface area contributed by atoms with Crippen molar-refractivity contribution in [3.05, 3.63) is 52.8 Å². The lowest BCUT2D eigenvalue weighted by Gasteiger charge is -2.13. The van der Waals surface area contributed by atoms with E-state index in [0.717, 1.165) is 17.1 Å². The molecule has 0 aliphatic carbocycles. The van der Waals surface area contributed by atoms with E-state index < -0.39 is 0 Å². The molecule has 1 heterocycles. The minimum atomic E-state index is -0.0650. The van der Waals surface area contributed by atoms with Gasteiger partial charge >= 0.3 is 0 Å². The van der Waals surface area contributed by atoms with Crippen molar-refractivity contribution in [3.63, 3.8) is 0 Å². The number of aromatic nitrogens is 1. The molecule has 2 aromatic rings. The summed E-state index contributed by atoms with van der Waals surface area (Å²) in [7, 11) is 0. The van der Waals surface area contributed by atoms with Crippen molar-refractivity contribution in [2.75, 3.05) is 13.1 Å². The normalized spacial score (nSPS) is 10.5. The molecule has 0 saturated heterocycles. The molecule has 5 heteroatoms. The van der Waals surface area contributed by atoms with E-state index in [1.54, 1.807) is 0 Å². The maximum atomic E-state index is 12.2. The molecule has 4 nitrogen and oxygen atoms in total. The third-order valence-corrected chi connectivity index (χ3v) is 3.90. The summed E-state index contributed by atoms with van der Waals surface area (Å²) in [6.07, 6.45) is 0. The van der Waals surface area contributed by atoms with E-state index in [4.69, 9.17) is 5.73 Å². The van der Waals surface area contributed by atoms with Crippen LogP contribution in [0.25, 0.3) is 5.69 Å². The summed E-state index contributed by atoms with van der Waals surface area (Å²) in [6.45, 7) is 9.30. The van der Waals surface area contributed by atoms with E-state index in [9.17, 15) is 4.79 Å². The second-order valence-corrected chi connectivity index (χ2v) is 5.91. The van der Waals surface area contributed by atoms with Crippen molar-refractivity contribution in [2.24, 2.45) is 5.73 Å². The quantitative estimate of drug-likeness (QED) is 0.880. The van der Waals surface area contributed by atoms with Gasteiger partial charge in [0.15, 0.2) is 0 Å². The summed E-state index contributed by atoms with van der Waals surface area (Å²) in [4.78, 5) is 12.2. The van der Waals surface area contributed by atoms with Gasteiger partial charge in [0, 0.05) is 30.2 Å². The molecule has 23 heavy (non-hydrogen) atoms. The van der Waals surface area contributed by atoms with Gasteiger partial charge in [0.25, 0.3) is 5.91 Å². The van der Waals surface area contributed by atoms with E-state index in [2.05, 4.69) is 48.0 Å². The van der Waals surface area contributed by atoms with E-state index in [0.29, 0.717) is 24.6 Å². The number of halogens is 1. The van der Waals surface area contributed by atoms with Crippen molar-refractivity contribution in [1.29, 1.82) is 0 Å². The molecule has 1 aromatic carbocycles. The van der Waals surface area contributed by atoms with Gasteiger partial charge < -0.3 is 15.6 Å². The Morgan fingerprint density at radius 3 is 2.57 bits per heavy atom. The minimum absolute atomic E-state index is 0. The first-order chi connectivity index (χ1) is 10.5. The van der Waals surface area contributed by atoms with Crippen molar-refractivity contribution < 1.29 is 4.79 Å². The molecule has 126 valence electrons. The highest BCUT2D eigenvalue weighted by Crippen LogP contribution is 2.24. The van der Waals surface area contributed by atoms with Crippen LogP contribution >= 0.6 is 12.4 Å². The third-order valence-electron chi connectivity index (χ3n) is 3.90. The minimum Gasteiger partial charge on any atom is -0.351 e. The number of nitrogens with two attached hydrogens (primary N) is 1. The predicted octanol–water partition coefficient (Wildman–Crippen LogP) is 3.33. The van der Waals surface area contributed by atoms with Crippen LogP contribution in [0.1, 0.15) is 47.1 Å². The van der Waals surface area contributed by atoms with Crippen molar-refractivity contribution in [2.45, 2.75) is 33.6 Å². The van der Waals surface area contributed by atoms with Gasteiger partial charge in [0.2, 0.25) is 0 Å². The van der Waals surface area contributed by atoms with Gasteiger partial charge in [-0.15, -0.1) is 12.4 Å². The number of hydrogen-bond acceptors (Lipinski definition) is 2. The average molecular weight is 336 g/mol. The van der Waals surface area contributed by atoms with Gasteiger partial charge in [-0.25, -0.2) is 0 Å². The molecule has 0 atom stereocenters. The van der Waals surface area contributed by atoms with Crippen LogP contribution in [-0.4, -0.2) is 23.6 Å². The van der Waals surface area contributed by atoms with Crippen LogP contribution in [0.2, 0.25) is 0 Å². The first kappa shape index (κ1) is 19.3. The van der Waals surface area contributed by atoms with Gasteiger partial charge in [0.05, 0.1) is 5.56 Å². The molecular weight excluding hydrogens is 310 g/mol. The summed E-state index contributed by atoms with van der Waals surface area (Å²) in [6, 6.07) is 10.4. The number of benzene rings is 1. The molecule has 3 N–H and O–H groups in total. The molecule has 0 unspecified atom stereocenters. The molecule has 0 spiro atoms. The highest BCUT2D eigenvalue weighted by molar-refractivity contribution is 5.95. The number of aryl methyl sites for hydroxylation is 1. The van der Waals surface area contributed by atoms with Gasteiger partial charge in [0.1, 0.15) is 0 Å². The zero-order chi connectivity index (χ0) is 16.3. The predicted molar refractivity (Wildman–Crippen MR) is 98.0 cm³/mol. The van der Waals surface area contributed by atoms with E-state index >= 15 is 0 Å². The Kier molecular flexibility index (Phi) is 6.85. The van der Waals surface area contributed by atoms with E-state index in [1.807, 2.05) is 19.9 Å². The SMILES string of the molecule is Cc1cc(C(=O)NCCN)c(C)n1-c1cccc(C(C)C)c1.Cl. The molecule has 0 bridgehead atoms. The Morgan fingerprint density at radius 2 is 1.96 bits per heavy atom. The van der Waals surface area contributed by atoms with Crippen LogP contribution in [0.3, 0.4) is 0 Å². The van der Waals surface area contributed by atoms with E-state index in [1.165, 1.54) is 5.56 Å². The summed E-state index contributed by atoms with van der Waals surface area (Å²) >= 11 is 0. The third kappa shape index (κ3) is 4.15. The molecule has 0 aliphatic rings. The Labute approximate surface area is 144 Å². The van der Waals surface area contributed by atoms with Crippen molar-refractivity contribution in [1.82, 2.24) is 9.88 Å². The largest absolute Gasteiger partial charge is 0.351 e. The second kappa shape index (κ2) is 8.18. The van der Waals surface area contributed by atoms with E-state index in [-0.39, 0.29) is 18.3 Å². The smallest absolute Gasteiger partial charge is 0.253 e. The maximum Gasteiger partial charge on any atom is 0.253 e. The Balaban J connectivity index is 0.00000264. The highest BCUT2D eigenvalue weighted by Gasteiger charge is 2.16. The highest BCUT2D eigenvalue weighted by atomic mass is 35.5. The molecular formula is C18H26ClN3O. The van der Waals surface area contributed by atoms with Crippen LogP contribution in [0, 0.1) is 13.8 Å². The Hall–Kier alpha value is -1.78. The molecule has 0 aliphatic heterocycles. The van der Waals surface area contributed by atoms with Crippen LogP contribution in [0.4, 0.5) is 0 Å². The first-order valence-electron chi connectivity index (χ1n) is 7.73. The maximum absolute atomic E-state index is 12.2. The summed E-state index contributed by atoms with van der Waals surface area (Å²) in [5.41, 5.74) is 10.5. The second-order valence-electron chi connectivity index (χ2n) is 5.91. The molecule has 0 saturated carbocycles. The fourth-order valence-electron chi connectivity index (χ4n) is 2.69. The summed E-state index contributed by atoms with van der Waals surface area (Å²) in [5, 5.41) is 2.83. The number of carbonyl (C=O) groups excluding carboxylic acids is 1. The van der Waals surface area contributed by atoms with Crippen LogP contribution < -0.4 is 11.1 Å². The lowest BCUT2D eigenvalue weighted by molar-refractivity contribution is 0.0954. The average Bonchev–Trinajstić information content (AvgIpc) is 2.80. The number of hydrogen-bond donors (Lipinski definition) is 2. The topological polar surface area (TPSA) is 60.1 Å². The lowest BCUT2D eigenvalue weighted by Crippen LogP contribution is -2.29. The van der Waals surface area contributed by atoms with Crippen LogP contribution in [0.5, 0.6) is 0 Å². The van der Waals surface area contributed by atoms with Gasteiger partial charge in [-0.05, 0) is 43.5 Å². The lowest BCUT2D eigenvalue weighted by atomic mass is 10.0. The zero-order valence-corrected chi connectivity index (χ0v) is 15.0. The molecule has 0 fully saturated rings. The number of carbonyl (C=O) groups is 1. The van der Waals surface area contributed by atoms with Crippen molar-refractivity contribution >= 4 is 18.3 Å². The van der Waals surface area contributed by atoms with Crippen LogP contribution in [-0.2, 0) is 0 Å². The number of nitrogens with one attached hydrogen (secondary N) is 1. The zero-order valence-electron chi connectivity index (χ0n) is 14.2. The van der Waals surface area contributed by atoms with Crippen LogP contribution in [0.15, 0.2) is 30.3 Å². The molecule has 1 amide bonds. The standard InChI is InChI=1S/C18H25N3O.ClH/c1-12(2)15-6-5-7-16(11-15)21-13(3)10-17(14(21)4)18(22)20-9-8-19;/h5-7,10-12H,8-9,19H2,1-4H3,(H,20,22);1H. The Morgan fingerprint density at radius 1 is 1.26 bits per heavy atom. The number of amides is 1. The fourth-order valence-corrected chi connectivity index (χ4v) is 2.69. The molecule has 0 radical (unpaired) electrons. The summed E-state index contributed by atoms with van der Waals surface area (Å²) in [5.74, 6) is 0.410. The fraction of sp³-hybridized carbons (Fsp3) is 0.389. The number of nitrogens with zero attached hydrogens (tertiary/aromatic N) is 1. The molecule has 2 rings (SSSR count). The van der Waals surface area contributed by atoms with Gasteiger partial charge in [-0.1, -0.05) is 26.0 Å². The monoisotopic (exact) mass is 335 g/mol. The molecule has 1 aromatic heterocycles. The van der Waals surface area contributed by atoms with Gasteiger partial charge in [-0.2, -0.15) is 0 Å².